The lowest BCUT2D eigenvalue weighted by Crippen LogP contribution is -2.34. The second-order valence-corrected chi connectivity index (χ2v) is 12.0. The molecule has 0 unspecified atom stereocenters. The van der Waals surface area contributed by atoms with Crippen LogP contribution in [0.3, 0.4) is 0 Å². The fraction of sp³-hybridized carbons (Fsp3) is 0.257. The SMILES string of the molecule is CC(=O)[C@@](C)(c1ccc(CCC(=N)/N=N\N)cc1)c1c(C)nc(C2=CCCN(Cc3ccccc3F)c3cc(Cl)ccc32)nc1N. The number of rotatable bonds is 9. The van der Waals surface area contributed by atoms with Crippen molar-refractivity contribution in [1.29, 1.82) is 5.41 Å². The van der Waals surface area contributed by atoms with Gasteiger partial charge in [0.2, 0.25) is 0 Å². The second kappa shape index (κ2) is 13.6. The third-order valence-electron chi connectivity index (χ3n) is 8.58. The van der Waals surface area contributed by atoms with E-state index in [1.807, 2.05) is 62.4 Å². The molecule has 5 N–H and O–H groups in total. The first-order chi connectivity index (χ1) is 22.0. The minimum atomic E-state index is -1.11. The Kier molecular flexibility index (Phi) is 9.57. The molecule has 2 heterocycles. The smallest absolute Gasteiger partial charge is 0.162 e. The van der Waals surface area contributed by atoms with Crippen molar-refractivity contribution in [3.63, 3.8) is 0 Å². The van der Waals surface area contributed by atoms with Gasteiger partial charge < -0.3 is 16.5 Å². The molecule has 46 heavy (non-hydrogen) atoms. The molecule has 1 aliphatic rings. The lowest BCUT2D eigenvalue weighted by Gasteiger charge is -2.30. The average molecular weight is 639 g/mol. The van der Waals surface area contributed by atoms with Crippen molar-refractivity contribution in [3.05, 3.63) is 123 Å². The molecule has 0 aliphatic carbocycles. The highest BCUT2D eigenvalue weighted by Gasteiger charge is 2.39. The molecule has 1 atom stereocenters. The van der Waals surface area contributed by atoms with E-state index in [9.17, 15) is 9.18 Å². The van der Waals surface area contributed by atoms with Gasteiger partial charge in [0.15, 0.2) is 5.82 Å². The number of nitrogens with zero attached hydrogens (tertiary/aromatic N) is 5. The van der Waals surface area contributed by atoms with Gasteiger partial charge in [-0.2, -0.15) is 0 Å². The fourth-order valence-electron chi connectivity index (χ4n) is 6.04. The molecule has 0 saturated heterocycles. The first kappa shape index (κ1) is 32.4. The van der Waals surface area contributed by atoms with Crippen molar-refractivity contribution in [2.24, 2.45) is 16.2 Å². The summed E-state index contributed by atoms with van der Waals surface area (Å²) in [7, 11) is 0. The molecule has 0 bridgehead atoms. The van der Waals surface area contributed by atoms with E-state index in [0.717, 1.165) is 28.0 Å². The Morgan fingerprint density at radius 3 is 2.54 bits per heavy atom. The molecule has 1 aliphatic heterocycles. The third kappa shape index (κ3) is 6.53. The molecule has 4 aromatic rings. The Morgan fingerprint density at radius 1 is 1.13 bits per heavy atom. The van der Waals surface area contributed by atoms with Gasteiger partial charge in [0, 0.05) is 58.2 Å². The number of Topliss-reactive ketones (excluding diaryl/α,β-unsaturated/α-hetero) is 1. The predicted molar refractivity (Wildman–Crippen MR) is 180 cm³/mol. The van der Waals surface area contributed by atoms with E-state index in [-0.39, 0.29) is 23.3 Å². The van der Waals surface area contributed by atoms with E-state index in [4.69, 9.17) is 38.6 Å². The van der Waals surface area contributed by atoms with Gasteiger partial charge in [-0.3, -0.25) is 10.2 Å². The molecule has 3 aromatic carbocycles. The van der Waals surface area contributed by atoms with Crippen LogP contribution in [0.25, 0.3) is 5.57 Å². The van der Waals surface area contributed by atoms with Crippen LogP contribution in [0.15, 0.2) is 83.1 Å². The molecule has 0 fully saturated rings. The molecule has 0 spiro atoms. The Bertz CT molecular complexity index is 1830. The standard InChI is InChI=1S/C35H36ClFN8O/c1-21-32(35(3,22(2)46)25-13-10-23(11-14-25)12-17-31(38)43-44-40)33(39)42-34(41-21)28-8-6-18-45(20-24-7-4-5-9-29(24)37)30-19-26(36)15-16-27(28)30/h4-5,7-11,13-16,19H,6,12,17-18,20H2,1-3H3,(H3,38,40,43)(H2,39,41,42)/t35-/m0/s1. The molecular formula is C35H36ClFN8O. The largest absolute Gasteiger partial charge is 0.383 e. The summed E-state index contributed by atoms with van der Waals surface area (Å²) in [5.74, 6) is 5.42. The number of carbonyl (C=O) groups excluding carboxylic acids is 1. The number of ketones is 1. The van der Waals surface area contributed by atoms with Gasteiger partial charge in [0.1, 0.15) is 23.3 Å². The van der Waals surface area contributed by atoms with Crippen LogP contribution in [0.4, 0.5) is 15.9 Å². The van der Waals surface area contributed by atoms with Crippen LogP contribution < -0.4 is 16.5 Å². The van der Waals surface area contributed by atoms with Crippen LogP contribution in [0, 0.1) is 18.2 Å². The minimum Gasteiger partial charge on any atom is -0.383 e. The van der Waals surface area contributed by atoms with E-state index in [1.165, 1.54) is 13.0 Å². The number of aromatic nitrogens is 2. The molecule has 236 valence electrons. The summed E-state index contributed by atoms with van der Waals surface area (Å²) >= 11 is 6.46. The van der Waals surface area contributed by atoms with Crippen LogP contribution in [0.2, 0.25) is 5.02 Å². The number of hydrogen-bond acceptors (Lipinski definition) is 7. The van der Waals surface area contributed by atoms with Gasteiger partial charge in [-0.25, -0.2) is 14.4 Å². The van der Waals surface area contributed by atoms with E-state index < -0.39 is 5.41 Å². The zero-order valence-electron chi connectivity index (χ0n) is 26.0. The monoisotopic (exact) mass is 638 g/mol. The second-order valence-electron chi connectivity index (χ2n) is 11.5. The summed E-state index contributed by atoms with van der Waals surface area (Å²) < 4.78 is 14.6. The van der Waals surface area contributed by atoms with Gasteiger partial charge in [-0.05, 0) is 62.9 Å². The van der Waals surface area contributed by atoms with Crippen molar-refractivity contribution in [2.75, 3.05) is 17.2 Å². The van der Waals surface area contributed by atoms with E-state index >= 15 is 0 Å². The van der Waals surface area contributed by atoms with Gasteiger partial charge in [-0.15, -0.1) is 5.11 Å². The number of nitrogen functional groups attached to an aromatic ring is 1. The van der Waals surface area contributed by atoms with Crippen LogP contribution in [0.1, 0.15) is 66.0 Å². The number of aryl methyl sites for hydroxylation is 2. The number of nitrogens with two attached hydrogens (primary N) is 2. The summed E-state index contributed by atoms with van der Waals surface area (Å²) in [5, 5.41) is 15.0. The molecule has 5 rings (SSSR count). The van der Waals surface area contributed by atoms with Crippen LogP contribution in [-0.4, -0.2) is 28.1 Å². The highest BCUT2D eigenvalue weighted by Crippen LogP contribution is 2.40. The van der Waals surface area contributed by atoms with Gasteiger partial charge >= 0.3 is 0 Å². The summed E-state index contributed by atoms with van der Waals surface area (Å²) in [5.41, 5.74) is 11.6. The number of hydrogen-bond donors (Lipinski definition) is 3. The first-order valence-electron chi connectivity index (χ1n) is 14.9. The highest BCUT2D eigenvalue weighted by molar-refractivity contribution is 6.31. The number of benzene rings is 3. The topological polar surface area (TPSA) is 147 Å². The Morgan fingerprint density at radius 2 is 1.87 bits per heavy atom. The van der Waals surface area contributed by atoms with Crippen LogP contribution in [-0.2, 0) is 23.2 Å². The van der Waals surface area contributed by atoms with Gasteiger partial charge in [0.25, 0.3) is 0 Å². The average Bonchev–Trinajstić information content (AvgIpc) is 3.20. The van der Waals surface area contributed by atoms with E-state index in [2.05, 4.69) is 21.3 Å². The Labute approximate surface area is 272 Å². The predicted octanol–water partition coefficient (Wildman–Crippen LogP) is 7.13. The zero-order chi connectivity index (χ0) is 33.0. The number of nitrogens with one attached hydrogen (secondary N) is 1. The number of anilines is 2. The van der Waals surface area contributed by atoms with Crippen molar-refractivity contribution in [1.82, 2.24) is 9.97 Å². The molecule has 11 heteroatoms. The molecule has 1 aromatic heterocycles. The first-order valence-corrected chi connectivity index (χ1v) is 15.3. The maximum absolute atomic E-state index is 14.6. The summed E-state index contributed by atoms with van der Waals surface area (Å²) in [6, 6.07) is 20.0. The minimum absolute atomic E-state index is 0.0908. The normalized spacial score (nSPS) is 14.4. The van der Waals surface area contributed by atoms with Crippen LogP contribution in [0.5, 0.6) is 0 Å². The van der Waals surface area contributed by atoms with Gasteiger partial charge in [0.05, 0.1) is 5.41 Å². The highest BCUT2D eigenvalue weighted by atomic mass is 35.5. The lowest BCUT2D eigenvalue weighted by atomic mass is 9.72. The van der Waals surface area contributed by atoms with Gasteiger partial charge in [-0.1, -0.05) is 71.4 Å². The molecule has 0 radical (unpaired) electrons. The number of amidine groups is 1. The van der Waals surface area contributed by atoms with E-state index in [0.29, 0.717) is 60.0 Å². The quantitative estimate of drug-likeness (QED) is 0.0584. The molecule has 0 amide bonds. The number of halogens is 2. The lowest BCUT2D eigenvalue weighted by molar-refractivity contribution is -0.120. The Hall–Kier alpha value is -4.96. The summed E-state index contributed by atoms with van der Waals surface area (Å²) in [6.07, 6.45) is 3.69. The van der Waals surface area contributed by atoms with E-state index in [1.54, 1.807) is 12.1 Å². The summed E-state index contributed by atoms with van der Waals surface area (Å²) in [4.78, 5) is 25.2. The Balaban J connectivity index is 1.50. The van der Waals surface area contributed by atoms with Crippen LogP contribution >= 0.6 is 11.6 Å². The van der Waals surface area contributed by atoms with Crippen molar-refractivity contribution in [2.45, 2.75) is 52.0 Å². The number of carbonyl (C=O) groups is 1. The maximum atomic E-state index is 14.6. The molecular weight excluding hydrogens is 603 g/mol. The van der Waals surface area contributed by atoms with Crippen molar-refractivity contribution < 1.29 is 9.18 Å². The third-order valence-corrected chi connectivity index (χ3v) is 8.82. The van der Waals surface area contributed by atoms with Crippen molar-refractivity contribution in [3.8, 4) is 0 Å². The zero-order valence-corrected chi connectivity index (χ0v) is 26.8. The molecule has 0 saturated carbocycles. The summed E-state index contributed by atoms with van der Waals surface area (Å²) in [6.45, 7) is 6.23. The molecule has 9 nitrogen and oxygen atoms in total. The maximum Gasteiger partial charge on any atom is 0.162 e. The van der Waals surface area contributed by atoms with Crippen molar-refractivity contribution >= 4 is 40.3 Å². The fourth-order valence-corrected chi connectivity index (χ4v) is 6.21. The number of fused-ring (bicyclic) bond motifs is 1.